The third-order valence-electron chi connectivity index (χ3n) is 3.03. The molecular weight excluding hydrogens is 315 g/mol. The van der Waals surface area contributed by atoms with E-state index in [1.165, 1.54) is 6.08 Å². The Labute approximate surface area is 111 Å². The lowest BCUT2D eigenvalue weighted by molar-refractivity contribution is -0.0956. The van der Waals surface area contributed by atoms with Crippen LogP contribution in [0.1, 0.15) is 6.42 Å². The van der Waals surface area contributed by atoms with Crippen molar-refractivity contribution in [3.8, 4) is 0 Å². The van der Waals surface area contributed by atoms with Gasteiger partial charge in [-0.25, -0.2) is 0 Å². The molecule has 1 saturated heterocycles. The van der Waals surface area contributed by atoms with Gasteiger partial charge in [-0.05, 0) is 6.42 Å². The Bertz CT molecular complexity index is 345. The molecule has 0 radical (unpaired) electrons. The van der Waals surface area contributed by atoms with Crippen LogP contribution in [0.25, 0.3) is 0 Å². The Morgan fingerprint density at radius 2 is 1.88 bits per heavy atom. The van der Waals surface area contributed by atoms with Gasteiger partial charge >= 0.3 is 6.18 Å². The Morgan fingerprint density at radius 1 is 1.24 bits per heavy atom. The summed E-state index contributed by atoms with van der Waals surface area (Å²) in [6.07, 6.45) is -1.42. The first-order valence-corrected chi connectivity index (χ1v) is 7.38. The van der Waals surface area contributed by atoms with Crippen molar-refractivity contribution in [1.29, 1.82) is 0 Å². The number of alkyl halides is 3. The number of allylic oxidation sites excluding steroid dienone is 2. The highest BCUT2D eigenvalue weighted by Crippen LogP contribution is 2.37. The molecule has 0 aromatic heterocycles. The quantitative estimate of drug-likeness (QED) is 0.724. The van der Waals surface area contributed by atoms with Gasteiger partial charge in [0.2, 0.25) is 0 Å². The molecule has 1 aliphatic heterocycles. The van der Waals surface area contributed by atoms with Gasteiger partial charge in [0.05, 0.1) is 0 Å². The van der Waals surface area contributed by atoms with Gasteiger partial charge in [-0.15, -0.1) is 0 Å². The monoisotopic (exact) mass is 327 g/mol. The zero-order valence-electron chi connectivity index (χ0n) is 9.13. The zero-order chi connectivity index (χ0) is 12.5. The molecule has 1 unspecified atom stereocenters. The number of hydrogen-bond donors (Lipinski definition) is 0. The van der Waals surface area contributed by atoms with Crippen LogP contribution in [0.4, 0.5) is 13.2 Å². The Hall–Kier alpha value is 0.0600. The van der Waals surface area contributed by atoms with E-state index in [1.54, 1.807) is 6.08 Å². The summed E-state index contributed by atoms with van der Waals surface area (Å²) in [5, 5.41) is 0. The summed E-state index contributed by atoms with van der Waals surface area (Å²) in [6.45, 7) is 1.73. The molecule has 96 valence electrons. The molecule has 0 N–H and O–H groups in total. The van der Waals surface area contributed by atoms with Crippen molar-refractivity contribution in [3.63, 3.8) is 0 Å². The van der Waals surface area contributed by atoms with E-state index in [-0.39, 0.29) is 12.5 Å². The molecule has 2 rings (SSSR count). The van der Waals surface area contributed by atoms with Crippen LogP contribution < -0.4 is 0 Å². The highest BCUT2D eigenvalue weighted by atomic mass is 79.9. The summed E-state index contributed by atoms with van der Waals surface area (Å²) >= 11 is 5.24. The topological polar surface area (TPSA) is 3.24 Å². The molecule has 6 heteroatoms. The second-order valence-electron chi connectivity index (χ2n) is 4.11. The van der Waals surface area contributed by atoms with Gasteiger partial charge in [-0.2, -0.15) is 24.9 Å². The standard InChI is InChI=1S/C11H13BrF3NS/c12-9-2-1-8(11(13,14)15)7-10(9)16-3-5-17-6-4-16/h1-2,10H,3-7H2. The third-order valence-corrected chi connectivity index (χ3v) is 4.76. The first-order valence-electron chi connectivity index (χ1n) is 5.44. The average Bonchev–Trinajstić information content (AvgIpc) is 2.29. The maximum atomic E-state index is 12.7. The van der Waals surface area contributed by atoms with Crippen LogP contribution in [-0.2, 0) is 0 Å². The minimum Gasteiger partial charge on any atom is -0.294 e. The smallest absolute Gasteiger partial charge is 0.294 e. The summed E-state index contributed by atoms with van der Waals surface area (Å²) in [6, 6.07) is -0.141. The maximum Gasteiger partial charge on any atom is 0.412 e. The van der Waals surface area contributed by atoms with Gasteiger partial charge in [0.15, 0.2) is 0 Å². The SMILES string of the molecule is FC(F)(F)C1=CC=C(Br)C(N2CCSCC2)C1. The molecule has 0 aromatic rings. The molecule has 17 heavy (non-hydrogen) atoms. The van der Waals surface area contributed by atoms with Crippen LogP contribution in [0.5, 0.6) is 0 Å². The van der Waals surface area contributed by atoms with Gasteiger partial charge in [0.1, 0.15) is 0 Å². The number of thioether (sulfide) groups is 1. The molecule has 1 aliphatic carbocycles. The predicted molar refractivity (Wildman–Crippen MR) is 68.5 cm³/mol. The van der Waals surface area contributed by atoms with Crippen molar-refractivity contribution >= 4 is 27.7 Å². The lowest BCUT2D eigenvalue weighted by atomic mass is 9.98. The molecule has 1 heterocycles. The predicted octanol–water partition coefficient (Wildman–Crippen LogP) is 3.58. The van der Waals surface area contributed by atoms with Crippen LogP contribution >= 0.6 is 27.7 Å². The third kappa shape index (κ3) is 3.29. The molecule has 1 nitrogen and oxygen atoms in total. The Balaban J connectivity index is 2.10. The van der Waals surface area contributed by atoms with Crippen molar-refractivity contribution in [1.82, 2.24) is 4.90 Å². The summed E-state index contributed by atoms with van der Waals surface area (Å²) < 4.78 is 38.9. The van der Waals surface area contributed by atoms with E-state index in [0.29, 0.717) is 0 Å². The maximum absolute atomic E-state index is 12.7. The number of rotatable bonds is 1. The molecule has 1 fully saturated rings. The van der Waals surface area contributed by atoms with Crippen LogP contribution in [0.3, 0.4) is 0 Å². The molecule has 0 amide bonds. The number of halogens is 4. The molecule has 0 saturated carbocycles. The minimum absolute atomic E-state index is 0.0608. The van der Waals surface area contributed by atoms with Crippen molar-refractivity contribution in [2.24, 2.45) is 0 Å². The first kappa shape index (κ1) is 13.5. The van der Waals surface area contributed by atoms with Crippen molar-refractivity contribution in [2.75, 3.05) is 24.6 Å². The Morgan fingerprint density at radius 3 is 2.47 bits per heavy atom. The summed E-state index contributed by atoms with van der Waals surface area (Å²) in [5.41, 5.74) is -0.427. The molecule has 0 aromatic carbocycles. The van der Waals surface area contributed by atoms with E-state index in [0.717, 1.165) is 29.1 Å². The van der Waals surface area contributed by atoms with E-state index in [9.17, 15) is 13.2 Å². The van der Waals surface area contributed by atoms with E-state index in [4.69, 9.17) is 0 Å². The second kappa shape index (κ2) is 5.36. The molecule has 0 spiro atoms. The minimum atomic E-state index is -4.20. The van der Waals surface area contributed by atoms with E-state index in [1.807, 2.05) is 11.8 Å². The van der Waals surface area contributed by atoms with Crippen LogP contribution in [0, 0.1) is 0 Å². The average molecular weight is 328 g/mol. The van der Waals surface area contributed by atoms with E-state index >= 15 is 0 Å². The largest absolute Gasteiger partial charge is 0.412 e. The molecule has 1 atom stereocenters. The highest BCUT2D eigenvalue weighted by molar-refractivity contribution is 9.11. The molecule has 0 bridgehead atoms. The summed E-state index contributed by atoms with van der Waals surface area (Å²) in [7, 11) is 0. The summed E-state index contributed by atoms with van der Waals surface area (Å²) in [5.74, 6) is 2.00. The van der Waals surface area contributed by atoms with Gasteiger partial charge in [-0.3, -0.25) is 4.90 Å². The fraction of sp³-hybridized carbons (Fsp3) is 0.636. The van der Waals surface area contributed by atoms with Gasteiger partial charge < -0.3 is 0 Å². The zero-order valence-corrected chi connectivity index (χ0v) is 11.5. The van der Waals surface area contributed by atoms with Crippen molar-refractivity contribution in [2.45, 2.75) is 18.6 Å². The summed E-state index contributed by atoms with van der Waals surface area (Å²) in [4.78, 5) is 2.13. The Kier molecular flexibility index (Phi) is 4.26. The van der Waals surface area contributed by atoms with Crippen molar-refractivity contribution in [3.05, 3.63) is 22.2 Å². The first-order chi connectivity index (χ1) is 7.98. The van der Waals surface area contributed by atoms with Crippen LogP contribution in [0.15, 0.2) is 22.2 Å². The number of hydrogen-bond acceptors (Lipinski definition) is 2. The lowest BCUT2D eigenvalue weighted by Crippen LogP contribution is -2.43. The second-order valence-corrected chi connectivity index (χ2v) is 6.25. The van der Waals surface area contributed by atoms with Crippen LogP contribution in [-0.4, -0.2) is 41.7 Å². The van der Waals surface area contributed by atoms with Gasteiger partial charge in [0.25, 0.3) is 0 Å². The fourth-order valence-corrected chi connectivity index (χ4v) is 3.58. The molecular formula is C11H13BrF3NS. The van der Waals surface area contributed by atoms with Crippen LogP contribution in [0.2, 0.25) is 0 Å². The lowest BCUT2D eigenvalue weighted by Gasteiger charge is -2.36. The van der Waals surface area contributed by atoms with Gasteiger partial charge in [-0.1, -0.05) is 28.1 Å². The molecule has 2 aliphatic rings. The normalized spacial score (nSPS) is 27.6. The number of nitrogens with zero attached hydrogens (tertiary/aromatic N) is 1. The van der Waals surface area contributed by atoms with E-state index < -0.39 is 11.7 Å². The van der Waals surface area contributed by atoms with Crippen molar-refractivity contribution < 1.29 is 13.2 Å². The highest BCUT2D eigenvalue weighted by Gasteiger charge is 2.38. The fourth-order valence-electron chi connectivity index (χ4n) is 2.07. The van der Waals surface area contributed by atoms with E-state index in [2.05, 4.69) is 20.8 Å². The van der Waals surface area contributed by atoms with Gasteiger partial charge in [0, 0.05) is 40.7 Å².